The summed E-state index contributed by atoms with van der Waals surface area (Å²) in [6.07, 6.45) is 32.5. The topological polar surface area (TPSA) is 37.3 Å². The minimum atomic E-state index is -0.741. The first kappa shape index (κ1) is 26.1. The van der Waals surface area contributed by atoms with Gasteiger partial charge in [0, 0.05) is 36.0 Å². The molecule has 1 radical (unpaired) electrons. The molecule has 0 aliphatic carbocycles. The number of carboxylic acids is 1. The van der Waals surface area contributed by atoms with Gasteiger partial charge in [-0.25, -0.2) is 0 Å². The second kappa shape index (κ2) is 22.9. The van der Waals surface area contributed by atoms with Crippen molar-refractivity contribution in [2.24, 2.45) is 0 Å². The molecule has 0 saturated carbocycles. The molecule has 0 aromatic carbocycles. The molecule has 0 aliphatic rings. The van der Waals surface area contributed by atoms with Crippen LogP contribution in [0, 0.1) is 0 Å². The van der Waals surface area contributed by atoms with E-state index in [0.29, 0.717) is 6.42 Å². The fourth-order valence-corrected chi connectivity index (χ4v) is 1.85. The number of hydrogen-bond donors (Lipinski definition) is 1. The summed E-state index contributed by atoms with van der Waals surface area (Å²) in [5.41, 5.74) is 0. The molecule has 0 heterocycles. The Kier molecular flexibility index (Phi) is 24.0. The third-order valence-electron chi connectivity index (χ3n) is 3.12. The summed E-state index contributed by atoms with van der Waals surface area (Å²) >= 11 is 0. The summed E-state index contributed by atoms with van der Waals surface area (Å²) in [4.78, 5) is 10.3. The molecule has 0 aromatic rings. The van der Waals surface area contributed by atoms with Gasteiger partial charge in [-0.05, 0) is 44.9 Å². The molecule has 133 valence electrons. The van der Waals surface area contributed by atoms with E-state index in [1.54, 1.807) is 0 Å². The van der Waals surface area contributed by atoms with Gasteiger partial charge in [-0.3, -0.25) is 4.79 Å². The first-order valence-electron chi connectivity index (χ1n) is 8.89. The fourth-order valence-electron chi connectivity index (χ4n) is 1.85. The maximum Gasteiger partial charge on any atom is 0.303 e. The van der Waals surface area contributed by atoms with E-state index in [1.807, 2.05) is 12.2 Å². The third kappa shape index (κ3) is 25.3. The third-order valence-corrected chi connectivity index (χ3v) is 3.12. The quantitative estimate of drug-likeness (QED) is 0.300. The molecule has 0 rings (SSSR count). The Morgan fingerprint density at radius 2 is 0.960 bits per heavy atom. The molecule has 0 amide bonds. The smallest absolute Gasteiger partial charge is 0.303 e. The van der Waals surface area contributed by atoms with E-state index >= 15 is 0 Å². The van der Waals surface area contributed by atoms with Crippen LogP contribution in [0.5, 0.6) is 0 Å². The zero-order valence-electron chi connectivity index (χ0n) is 15.9. The van der Waals surface area contributed by atoms with E-state index in [0.717, 1.165) is 38.5 Å². The first-order chi connectivity index (χ1) is 11.8. The number of allylic oxidation sites excluding steroid dienone is 12. The number of hydrogen-bond acceptors (Lipinski definition) is 1. The molecule has 0 atom stereocenters. The predicted octanol–water partition coefficient (Wildman–Crippen LogP) is 6.17. The summed E-state index contributed by atoms with van der Waals surface area (Å²) in [6.45, 7) is 2.15. The molecule has 2 nitrogen and oxygen atoms in total. The zero-order chi connectivity index (χ0) is 17.7. The van der Waals surface area contributed by atoms with Crippen LogP contribution in [0.2, 0.25) is 0 Å². The Morgan fingerprint density at radius 1 is 0.640 bits per heavy atom. The Morgan fingerprint density at radius 3 is 1.28 bits per heavy atom. The average Bonchev–Trinajstić information content (AvgIpc) is 2.56. The van der Waals surface area contributed by atoms with Crippen molar-refractivity contribution in [2.45, 2.75) is 58.3 Å². The van der Waals surface area contributed by atoms with Crippen molar-refractivity contribution in [1.82, 2.24) is 0 Å². The van der Waals surface area contributed by atoms with Crippen LogP contribution in [0.3, 0.4) is 0 Å². The van der Waals surface area contributed by atoms with Gasteiger partial charge >= 0.3 is 5.97 Å². The van der Waals surface area contributed by atoms with Gasteiger partial charge in [0.1, 0.15) is 0 Å². The summed E-state index contributed by atoms with van der Waals surface area (Å²) in [6, 6.07) is 0. The predicted molar refractivity (Wildman–Crippen MR) is 111 cm³/mol. The normalized spacial score (nSPS) is 12.5. The molecule has 0 saturated heterocycles. The second-order valence-corrected chi connectivity index (χ2v) is 5.35. The van der Waals surface area contributed by atoms with Gasteiger partial charge in [-0.2, -0.15) is 0 Å². The van der Waals surface area contributed by atoms with Gasteiger partial charge in [0.2, 0.25) is 0 Å². The molecule has 0 unspecified atom stereocenters. The molecule has 0 aromatic heterocycles. The summed E-state index contributed by atoms with van der Waals surface area (Å²) in [5.74, 6) is -0.741. The molecule has 0 aliphatic heterocycles. The van der Waals surface area contributed by atoms with E-state index in [-0.39, 0.29) is 36.0 Å². The van der Waals surface area contributed by atoms with Crippen LogP contribution in [0.25, 0.3) is 0 Å². The standard InChI is InChI=1S/C22H32O2.Na/c1-2-3-4-5-6-7-8-9-10-11-12-13-14-15-16-17-18-19-20-21-22(23)24;/h3-4,6-7,9-10,12-13,15-16,18-19H,2,5,8,11,14,17,20-21H2,1H3,(H,23,24);/b4-3-,7-6-,10-9-,13-12-,16-15-,19-18-;. The molecule has 1 N–H and O–H groups in total. The first-order valence-corrected chi connectivity index (χ1v) is 8.89. The van der Waals surface area contributed by atoms with Crippen molar-refractivity contribution in [2.75, 3.05) is 0 Å². The van der Waals surface area contributed by atoms with Crippen LogP contribution in [0.15, 0.2) is 72.9 Å². The average molecular weight is 351 g/mol. The zero-order valence-corrected chi connectivity index (χ0v) is 17.9. The molecule has 0 spiro atoms. The Labute approximate surface area is 176 Å². The number of carboxylic acid groups (broad SMARTS) is 1. The van der Waals surface area contributed by atoms with Crippen molar-refractivity contribution in [1.29, 1.82) is 0 Å². The van der Waals surface area contributed by atoms with Gasteiger partial charge in [0.05, 0.1) is 0 Å². The van der Waals surface area contributed by atoms with E-state index in [4.69, 9.17) is 5.11 Å². The number of aliphatic carboxylic acids is 1. The van der Waals surface area contributed by atoms with Crippen molar-refractivity contribution in [3.8, 4) is 0 Å². The fraction of sp³-hybridized carbons (Fsp3) is 0.409. The Bertz CT molecular complexity index is 468. The van der Waals surface area contributed by atoms with Crippen molar-refractivity contribution >= 4 is 35.5 Å². The molecular formula is C22H32NaO2. The van der Waals surface area contributed by atoms with Gasteiger partial charge in [-0.1, -0.05) is 79.8 Å². The van der Waals surface area contributed by atoms with Crippen molar-refractivity contribution < 1.29 is 9.90 Å². The molecule has 0 fully saturated rings. The van der Waals surface area contributed by atoms with E-state index < -0.39 is 5.97 Å². The van der Waals surface area contributed by atoms with Gasteiger partial charge < -0.3 is 5.11 Å². The van der Waals surface area contributed by atoms with Crippen LogP contribution < -0.4 is 0 Å². The Hall–Kier alpha value is -1.09. The monoisotopic (exact) mass is 351 g/mol. The van der Waals surface area contributed by atoms with Gasteiger partial charge in [0.15, 0.2) is 0 Å². The SMILES string of the molecule is CC/C=C\C/C=C\C/C=C\C/C=C\C/C=C\C/C=C\CCC(=O)O.[Na]. The van der Waals surface area contributed by atoms with Crippen molar-refractivity contribution in [3.05, 3.63) is 72.9 Å². The summed E-state index contributed by atoms with van der Waals surface area (Å²) < 4.78 is 0. The van der Waals surface area contributed by atoms with E-state index in [2.05, 4.69) is 67.7 Å². The van der Waals surface area contributed by atoms with Crippen LogP contribution in [-0.4, -0.2) is 40.6 Å². The van der Waals surface area contributed by atoms with E-state index in [9.17, 15) is 4.79 Å². The Balaban J connectivity index is 0. The number of carbonyl (C=O) groups is 1. The minimum absolute atomic E-state index is 0. The maximum absolute atomic E-state index is 10.3. The summed E-state index contributed by atoms with van der Waals surface area (Å²) in [5, 5.41) is 8.49. The minimum Gasteiger partial charge on any atom is -0.481 e. The molecule has 0 bridgehead atoms. The van der Waals surface area contributed by atoms with Crippen LogP contribution in [-0.2, 0) is 4.79 Å². The largest absolute Gasteiger partial charge is 0.481 e. The van der Waals surface area contributed by atoms with E-state index in [1.165, 1.54) is 0 Å². The second-order valence-electron chi connectivity index (χ2n) is 5.35. The van der Waals surface area contributed by atoms with Crippen LogP contribution in [0.4, 0.5) is 0 Å². The van der Waals surface area contributed by atoms with Crippen LogP contribution in [0.1, 0.15) is 58.3 Å². The number of rotatable bonds is 14. The van der Waals surface area contributed by atoms with Crippen LogP contribution >= 0.6 is 0 Å². The molecular weight excluding hydrogens is 319 g/mol. The van der Waals surface area contributed by atoms with Gasteiger partial charge in [0.25, 0.3) is 0 Å². The van der Waals surface area contributed by atoms with Crippen molar-refractivity contribution in [3.63, 3.8) is 0 Å². The van der Waals surface area contributed by atoms with Gasteiger partial charge in [-0.15, -0.1) is 0 Å². The maximum atomic E-state index is 10.3. The summed E-state index contributed by atoms with van der Waals surface area (Å²) in [7, 11) is 0. The molecule has 3 heteroatoms. The molecule has 25 heavy (non-hydrogen) atoms.